The predicted octanol–water partition coefficient (Wildman–Crippen LogP) is 4.23. The highest BCUT2D eigenvalue weighted by molar-refractivity contribution is 7.92. The van der Waals surface area contributed by atoms with E-state index in [9.17, 15) is 13.2 Å². The number of carbonyl (C=O) groups excluding carboxylic acids is 1. The van der Waals surface area contributed by atoms with Gasteiger partial charge in [-0.25, -0.2) is 8.42 Å². The minimum atomic E-state index is -3.80. The molecule has 0 bridgehead atoms. The summed E-state index contributed by atoms with van der Waals surface area (Å²) in [6.07, 6.45) is 5.38. The Labute approximate surface area is 165 Å². The molecule has 0 radical (unpaired) electrons. The Morgan fingerprint density at radius 3 is 2.48 bits per heavy atom. The van der Waals surface area contributed by atoms with Crippen molar-refractivity contribution in [2.75, 3.05) is 11.4 Å². The number of amides is 1. The van der Waals surface area contributed by atoms with Gasteiger partial charge in [0.2, 0.25) is 0 Å². The Bertz CT molecular complexity index is 924. The first-order chi connectivity index (χ1) is 12.9. The van der Waals surface area contributed by atoms with E-state index in [4.69, 9.17) is 11.6 Å². The van der Waals surface area contributed by atoms with Crippen LogP contribution in [0.4, 0.5) is 5.69 Å². The average molecular weight is 407 g/mol. The summed E-state index contributed by atoms with van der Waals surface area (Å²) in [5, 5.41) is 3.47. The maximum absolute atomic E-state index is 13.0. The van der Waals surface area contributed by atoms with Crippen LogP contribution in [-0.2, 0) is 10.0 Å². The molecule has 0 aromatic heterocycles. The van der Waals surface area contributed by atoms with Gasteiger partial charge in [-0.15, -0.1) is 0 Å². The van der Waals surface area contributed by atoms with Crippen molar-refractivity contribution in [1.29, 1.82) is 0 Å². The highest BCUT2D eigenvalue weighted by atomic mass is 35.5. The van der Waals surface area contributed by atoms with E-state index < -0.39 is 10.0 Å². The molecule has 0 heterocycles. The number of hydrogen-bond acceptors (Lipinski definition) is 3. The number of sulfonamides is 1. The molecule has 27 heavy (non-hydrogen) atoms. The molecule has 0 saturated heterocycles. The molecule has 3 rings (SSSR count). The standard InChI is InChI=1S/C20H23ClN2O3S/c1-23(18-11-6-8-16(21)14-18)27(25,26)19-12-5-7-15(13-19)20(24)22-17-9-3-2-4-10-17/h5-8,11-14,17H,2-4,9-10H2,1H3,(H,22,24). The lowest BCUT2D eigenvalue weighted by molar-refractivity contribution is 0.0927. The topological polar surface area (TPSA) is 66.5 Å². The lowest BCUT2D eigenvalue weighted by Crippen LogP contribution is -2.36. The van der Waals surface area contributed by atoms with Gasteiger partial charge in [-0.2, -0.15) is 0 Å². The molecule has 0 atom stereocenters. The van der Waals surface area contributed by atoms with Crippen molar-refractivity contribution in [1.82, 2.24) is 5.32 Å². The fourth-order valence-electron chi connectivity index (χ4n) is 3.28. The molecule has 1 saturated carbocycles. The smallest absolute Gasteiger partial charge is 0.264 e. The number of anilines is 1. The maximum atomic E-state index is 13.0. The van der Waals surface area contributed by atoms with Gasteiger partial charge in [0.05, 0.1) is 10.6 Å². The number of hydrogen-bond donors (Lipinski definition) is 1. The largest absolute Gasteiger partial charge is 0.349 e. The van der Waals surface area contributed by atoms with E-state index in [1.807, 2.05) is 0 Å². The Morgan fingerprint density at radius 2 is 1.78 bits per heavy atom. The fourth-order valence-corrected chi connectivity index (χ4v) is 4.70. The Morgan fingerprint density at radius 1 is 1.07 bits per heavy atom. The third kappa shape index (κ3) is 4.62. The van der Waals surface area contributed by atoms with Gasteiger partial charge < -0.3 is 5.32 Å². The highest BCUT2D eigenvalue weighted by Crippen LogP contribution is 2.25. The molecule has 144 valence electrons. The fraction of sp³-hybridized carbons (Fsp3) is 0.350. The van der Waals surface area contributed by atoms with Gasteiger partial charge >= 0.3 is 0 Å². The molecule has 0 spiro atoms. The quantitative estimate of drug-likeness (QED) is 0.808. The SMILES string of the molecule is CN(c1cccc(Cl)c1)S(=O)(=O)c1cccc(C(=O)NC2CCCCC2)c1. The molecular weight excluding hydrogens is 384 g/mol. The van der Waals surface area contributed by atoms with Crippen molar-refractivity contribution in [3.8, 4) is 0 Å². The van der Waals surface area contributed by atoms with Crippen molar-refractivity contribution in [2.45, 2.75) is 43.0 Å². The minimum absolute atomic E-state index is 0.0706. The van der Waals surface area contributed by atoms with E-state index >= 15 is 0 Å². The van der Waals surface area contributed by atoms with E-state index in [1.54, 1.807) is 36.4 Å². The molecule has 1 N–H and O–H groups in total. The number of nitrogens with zero attached hydrogens (tertiary/aromatic N) is 1. The number of rotatable bonds is 5. The van der Waals surface area contributed by atoms with E-state index in [0.717, 1.165) is 30.0 Å². The lowest BCUT2D eigenvalue weighted by Gasteiger charge is -2.23. The summed E-state index contributed by atoms with van der Waals surface area (Å²) in [7, 11) is -2.34. The second kappa shape index (κ2) is 8.31. The summed E-state index contributed by atoms with van der Waals surface area (Å²) >= 11 is 5.97. The van der Waals surface area contributed by atoms with E-state index in [1.165, 1.54) is 25.6 Å². The normalized spacial score (nSPS) is 15.3. The zero-order chi connectivity index (χ0) is 19.4. The third-order valence-electron chi connectivity index (χ3n) is 4.87. The number of carbonyl (C=O) groups is 1. The first kappa shape index (κ1) is 19.7. The van der Waals surface area contributed by atoms with E-state index in [2.05, 4.69) is 5.32 Å². The molecule has 7 heteroatoms. The molecular formula is C20H23ClN2O3S. The van der Waals surface area contributed by atoms with Crippen molar-refractivity contribution in [3.05, 3.63) is 59.1 Å². The van der Waals surface area contributed by atoms with Crippen LogP contribution in [0.5, 0.6) is 0 Å². The number of halogens is 1. The number of nitrogens with one attached hydrogen (secondary N) is 1. The molecule has 1 fully saturated rings. The first-order valence-electron chi connectivity index (χ1n) is 9.03. The van der Waals surface area contributed by atoms with Gasteiger partial charge in [0.25, 0.3) is 15.9 Å². The summed E-state index contributed by atoms with van der Waals surface area (Å²) in [5.41, 5.74) is 0.806. The molecule has 5 nitrogen and oxygen atoms in total. The van der Waals surface area contributed by atoms with Gasteiger partial charge in [0.15, 0.2) is 0 Å². The highest BCUT2D eigenvalue weighted by Gasteiger charge is 2.23. The second-order valence-corrected chi connectivity index (χ2v) is 9.19. The molecule has 1 aliphatic carbocycles. The summed E-state index contributed by atoms with van der Waals surface area (Å²) in [6.45, 7) is 0. The van der Waals surface area contributed by atoms with Gasteiger partial charge in [-0.05, 0) is 49.2 Å². The Hall–Kier alpha value is -2.05. The Balaban J connectivity index is 1.82. The second-order valence-electron chi connectivity index (χ2n) is 6.79. The molecule has 1 amide bonds. The van der Waals surface area contributed by atoms with Crippen LogP contribution in [0.25, 0.3) is 0 Å². The van der Waals surface area contributed by atoms with Crippen molar-refractivity contribution in [2.24, 2.45) is 0 Å². The minimum Gasteiger partial charge on any atom is -0.349 e. The molecule has 2 aromatic carbocycles. The van der Waals surface area contributed by atoms with Crippen LogP contribution >= 0.6 is 11.6 Å². The summed E-state index contributed by atoms with van der Waals surface area (Å²) in [4.78, 5) is 12.6. The van der Waals surface area contributed by atoms with Crippen LogP contribution in [0.1, 0.15) is 42.5 Å². The molecule has 1 aliphatic rings. The Kier molecular flexibility index (Phi) is 6.07. The zero-order valence-corrected chi connectivity index (χ0v) is 16.8. The van der Waals surface area contributed by atoms with Gasteiger partial charge in [-0.3, -0.25) is 9.10 Å². The van der Waals surface area contributed by atoms with E-state index in [0.29, 0.717) is 16.3 Å². The van der Waals surface area contributed by atoms with Crippen LogP contribution < -0.4 is 9.62 Å². The summed E-state index contributed by atoms with van der Waals surface area (Å²) in [5.74, 6) is -0.232. The van der Waals surface area contributed by atoms with Gasteiger partial charge in [0.1, 0.15) is 0 Å². The van der Waals surface area contributed by atoms with Crippen LogP contribution in [0.3, 0.4) is 0 Å². The molecule has 0 aliphatic heterocycles. The predicted molar refractivity (Wildman–Crippen MR) is 108 cm³/mol. The monoisotopic (exact) mass is 406 g/mol. The van der Waals surface area contributed by atoms with Gasteiger partial charge in [-0.1, -0.05) is 43.0 Å². The van der Waals surface area contributed by atoms with Crippen LogP contribution in [-0.4, -0.2) is 27.4 Å². The van der Waals surface area contributed by atoms with Crippen LogP contribution in [0.15, 0.2) is 53.4 Å². The molecule has 2 aromatic rings. The first-order valence-corrected chi connectivity index (χ1v) is 10.8. The van der Waals surface area contributed by atoms with E-state index in [-0.39, 0.29) is 16.8 Å². The maximum Gasteiger partial charge on any atom is 0.264 e. The van der Waals surface area contributed by atoms with Crippen molar-refractivity contribution in [3.63, 3.8) is 0 Å². The van der Waals surface area contributed by atoms with Crippen molar-refractivity contribution < 1.29 is 13.2 Å². The van der Waals surface area contributed by atoms with Crippen LogP contribution in [0, 0.1) is 0 Å². The summed E-state index contributed by atoms with van der Waals surface area (Å²) in [6, 6.07) is 12.9. The average Bonchev–Trinajstić information content (AvgIpc) is 2.68. The third-order valence-corrected chi connectivity index (χ3v) is 6.88. The van der Waals surface area contributed by atoms with Crippen LogP contribution in [0.2, 0.25) is 5.02 Å². The molecule has 0 unspecified atom stereocenters. The summed E-state index contributed by atoms with van der Waals surface area (Å²) < 4.78 is 27.1. The van der Waals surface area contributed by atoms with Crippen molar-refractivity contribution >= 4 is 33.2 Å². The van der Waals surface area contributed by atoms with Gasteiger partial charge in [0, 0.05) is 23.7 Å². The lowest BCUT2D eigenvalue weighted by atomic mass is 9.95. The zero-order valence-electron chi connectivity index (χ0n) is 15.2. The number of benzene rings is 2.